The van der Waals surface area contributed by atoms with Gasteiger partial charge in [-0.3, -0.25) is 9.59 Å². The minimum Gasteiger partial charge on any atom is -0.466 e. The number of nitrogens with zero attached hydrogens (tertiary/aromatic N) is 1. The van der Waals surface area contributed by atoms with E-state index >= 15 is 0 Å². The molecule has 0 aliphatic heterocycles. The van der Waals surface area contributed by atoms with Crippen LogP contribution in [0.1, 0.15) is 188 Å². The van der Waals surface area contributed by atoms with Crippen LogP contribution in [0.25, 0.3) is 0 Å². The fraction of sp³-hybridized carbons (Fsp3) is 0.844. The SMILES string of the molecule is C=C=C=C=CC(CCCCC)CC(=O)OCCCCCCCCC(CCCCCCCCOC(=O)CC(C)CCCCC)OCCCN(C)CC. The highest BCUT2D eigenvalue weighted by Gasteiger charge is 2.13. The zero-order valence-electron chi connectivity index (χ0n) is 34.2. The fourth-order valence-electron chi connectivity index (χ4n) is 6.36. The van der Waals surface area contributed by atoms with Crippen molar-refractivity contribution in [1.82, 2.24) is 4.90 Å². The molecule has 0 rings (SSSR count). The van der Waals surface area contributed by atoms with E-state index < -0.39 is 0 Å². The smallest absolute Gasteiger partial charge is 0.306 e. The van der Waals surface area contributed by atoms with Crippen molar-refractivity contribution >= 4 is 11.9 Å². The Hall–Kier alpha value is -2.06. The van der Waals surface area contributed by atoms with Gasteiger partial charge in [0.05, 0.1) is 25.7 Å². The second-order valence-corrected chi connectivity index (χ2v) is 14.9. The van der Waals surface area contributed by atoms with E-state index in [1.54, 1.807) is 0 Å². The van der Waals surface area contributed by atoms with E-state index in [2.05, 4.69) is 63.4 Å². The predicted octanol–water partition coefficient (Wildman–Crippen LogP) is 12.1. The molecule has 0 saturated carbocycles. The maximum atomic E-state index is 12.4. The van der Waals surface area contributed by atoms with Gasteiger partial charge in [0.15, 0.2) is 0 Å². The summed E-state index contributed by atoms with van der Waals surface area (Å²) in [6, 6.07) is 0. The van der Waals surface area contributed by atoms with Crippen LogP contribution in [0.5, 0.6) is 0 Å². The first kappa shape index (κ1) is 48.9. The molecule has 3 unspecified atom stereocenters. The van der Waals surface area contributed by atoms with Gasteiger partial charge < -0.3 is 19.1 Å². The Bertz CT molecular complexity index is 931. The number of esters is 2. The highest BCUT2D eigenvalue weighted by Crippen LogP contribution is 2.19. The summed E-state index contributed by atoms with van der Waals surface area (Å²) in [6.45, 7) is 16.4. The number of hydrogen-bond acceptors (Lipinski definition) is 6. The minimum absolute atomic E-state index is 0.0216. The number of carbonyl (C=O) groups is 2. The Labute approximate surface area is 315 Å². The molecule has 0 bridgehead atoms. The Kier molecular flexibility index (Phi) is 36.2. The largest absolute Gasteiger partial charge is 0.466 e. The lowest BCUT2D eigenvalue weighted by Crippen LogP contribution is -2.21. The average Bonchev–Trinajstić information content (AvgIpc) is 3.11. The van der Waals surface area contributed by atoms with E-state index in [1.807, 2.05) is 6.08 Å². The van der Waals surface area contributed by atoms with E-state index in [4.69, 9.17) is 14.2 Å². The quantitative estimate of drug-likeness (QED) is 0.0362. The summed E-state index contributed by atoms with van der Waals surface area (Å²) in [7, 11) is 2.17. The van der Waals surface area contributed by atoms with Crippen molar-refractivity contribution < 1.29 is 23.8 Å². The van der Waals surface area contributed by atoms with Crippen molar-refractivity contribution in [3.05, 3.63) is 29.8 Å². The summed E-state index contributed by atoms with van der Waals surface area (Å²) >= 11 is 0. The van der Waals surface area contributed by atoms with Gasteiger partial charge in [-0.25, -0.2) is 0 Å². The molecule has 0 N–H and O–H groups in total. The molecule has 296 valence electrons. The average molecular weight is 716 g/mol. The monoisotopic (exact) mass is 716 g/mol. The van der Waals surface area contributed by atoms with Crippen LogP contribution in [0.4, 0.5) is 0 Å². The summed E-state index contributed by atoms with van der Waals surface area (Å²) in [6.07, 6.45) is 29.8. The van der Waals surface area contributed by atoms with E-state index in [0.717, 1.165) is 90.3 Å². The van der Waals surface area contributed by atoms with Crippen LogP contribution in [0.15, 0.2) is 29.8 Å². The number of rotatable bonds is 37. The third kappa shape index (κ3) is 34.8. The molecular formula is C45H81NO5. The number of unbranched alkanes of at least 4 members (excludes halogenated alkanes) is 14. The van der Waals surface area contributed by atoms with Gasteiger partial charge in [0, 0.05) is 19.6 Å². The number of allylic oxidation sites excluding steroid dienone is 1. The fourth-order valence-corrected chi connectivity index (χ4v) is 6.36. The number of carbonyl (C=O) groups excluding carboxylic acids is 2. The highest BCUT2D eigenvalue weighted by atomic mass is 16.5. The maximum absolute atomic E-state index is 12.4. The predicted molar refractivity (Wildman–Crippen MR) is 215 cm³/mol. The van der Waals surface area contributed by atoms with Gasteiger partial charge in [0.25, 0.3) is 0 Å². The van der Waals surface area contributed by atoms with E-state index in [-0.39, 0.29) is 17.9 Å². The first-order valence-electron chi connectivity index (χ1n) is 21.3. The Balaban J connectivity index is 4.16. The molecule has 0 heterocycles. The minimum atomic E-state index is -0.111. The second-order valence-electron chi connectivity index (χ2n) is 14.9. The molecule has 0 amide bonds. The molecule has 6 heteroatoms. The molecule has 6 nitrogen and oxygen atoms in total. The zero-order valence-corrected chi connectivity index (χ0v) is 34.2. The maximum Gasteiger partial charge on any atom is 0.306 e. The zero-order chi connectivity index (χ0) is 37.6. The molecule has 0 radical (unpaired) electrons. The van der Waals surface area contributed by atoms with Crippen molar-refractivity contribution in [2.45, 2.75) is 194 Å². The first-order valence-corrected chi connectivity index (χ1v) is 21.3. The Morgan fingerprint density at radius 3 is 1.71 bits per heavy atom. The molecule has 0 aromatic rings. The van der Waals surface area contributed by atoms with Crippen LogP contribution in [-0.4, -0.2) is 62.9 Å². The van der Waals surface area contributed by atoms with Crippen molar-refractivity contribution in [3.8, 4) is 0 Å². The molecule has 0 fully saturated rings. The van der Waals surface area contributed by atoms with Gasteiger partial charge in [-0.1, -0.05) is 148 Å². The van der Waals surface area contributed by atoms with Gasteiger partial charge >= 0.3 is 11.9 Å². The van der Waals surface area contributed by atoms with Crippen molar-refractivity contribution in [2.24, 2.45) is 11.8 Å². The van der Waals surface area contributed by atoms with Crippen LogP contribution < -0.4 is 0 Å². The lowest BCUT2D eigenvalue weighted by atomic mass is 9.98. The van der Waals surface area contributed by atoms with Crippen LogP contribution in [0.3, 0.4) is 0 Å². The van der Waals surface area contributed by atoms with Gasteiger partial charge in [0.2, 0.25) is 0 Å². The molecule has 51 heavy (non-hydrogen) atoms. The summed E-state index contributed by atoms with van der Waals surface area (Å²) in [5.41, 5.74) is 8.27. The summed E-state index contributed by atoms with van der Waals surface area (Å²) < 4.78 is 17.4. The van der Waals surface area contributed by atoms with Crippen LogP contribution in [0.2, 0.25) is 0 Å². The van der Waals surface area contributed by atoms with Crippen LogP contribution in [0, 0.1) is 11.8 Å². The van der Waals surface area contributed by atoms with E-state index in [1.165, 1.54) is 77.0 Å². The van der Waals surface area contributed by atoms with Gasteiger partial charge in [-0.2, -0.15) is 0 Å². The molecule has 0 aliphatic carbocycles. The molecule has 0 aromatic heterocycles. The molecule has 0 spiro atoms. The lowest BCUT2D eigenvalue weighted by molar-refractivity contribution is -0.145. The van der Waals surface area contributed by atoms with Crippen molar-refractivity contribution in [1.29, 1.82) is 0 Å². The molecule has 3 atom stereocenters. The third-order valence-corrected chi connectivity index (χ3v) is 9.85. The van der Waals surface area contributed by atoms with E-state index in [0.29, 0.717) is 38.1 Å². The van der Waals surface area contributed by atoms with Crippen LogP contribution >= 0.6 is 0 Å². The third-order valence-electron chi connectivity index (χ3n) is 9.85. The summed E-state index contributed by atoms with van der Waals surface area (Å²) in [4.78, 5) is 26.8. The first-order chi connectivity index (χ1) is 24.9. The van der Waals surface area contributed by atoms with Crippen LogP contribution in [-0.2, 0) is 23.8 Å². The molecule has 0 aliphatic rings. The normalized spacial score (nSPS) is 12.8. The summed E-state index contributed by atoms with van der Waals surface area (Å²) in [5, 5.41) is 0. The number of hydrogen-bond donors (Lipinski definition) is 0. The molecule has 0 saturated heterocycles. The van der Waals surface area contributed by atoms with Gasteiger partial charge in [-0.05, 0) is 82.3 Å². The van der Waals surface area contributed by atoms with E-state index in [9.17, 15) is 9.59 Å². The molecule has 0 aromatic carbocycles. The Morgan fingerprint density at radius 1 is 0.647 bits per heavy atom. The highest BCUT2D eigenvalue weighted by molar-refractivity contribution is 5.70. The standard InChI is InChI=1S/C45H81NO5/c1-7-11-22-30-41(5)39-44(47)50-36-27-20-16-14-18-25-33-43(49-38-29-35-46(6)10-4)34-26-19-15-17-21-28-37-51-45(48)40-42(31-23-12-8-2)32-24-13-9-3/h31,41-43H,2,7,9-11,13-22,24-30,32-40H2,1,3-6H3. The molecular weight excluding hydrogens is 634 g/mol. The van der Waals surface area contributed by atoms with Gasteiger partial charge in [0.1, 0.15) is 0 Å². The van der Waals surface area contributed by atoms with Gasteiger partial charge in [-0.15, -0.1) is 0 Å². The lowest BCUT2D eigenvalue weighted by Gasteiger charge is -2.19. The summed E-state index contributed by atoms with van der Waals surface area (Å²) in [5.74, 6) is 0.441. The number of ether oxygens (including phenoxy) is 3. The second kappa shape index (κ2) is 37.7. The Morgan fingerprint density at radius 2 is 1.16 bits per heavy atom. The van der Waals surface area contributed by atoms with Crippen molar-refractivity contribution in [2.75, 3.05) is 40.0 Å². The topological polar surface area (TPSA) is 65.1 Å². The van der Waals surface area contributed by atoms with Crippen molar-refractivity contribution in [3.63, 3.8) is 0 Å².